The molecule has 0 aromatic carbocycles. The lowest BCUT2D eigenvalue weighted by atomic mass is 10.5. The highest BCUT2D eigenvalue weighted by Gasteiger charge is 2.22. The summed E-state index contributed by atoms with van der Waals surface area (Å²) in [4.78, 5) is 23.7. The molecule has 0 bridgehead atoms. The average Bonchev–Trinajstić information content (AvgIpc) is 2.99. The highest BCUT2D eigenvalue weighted by atomic mass is 16.6. The molecular formula is C18H29NO8. The van der Waals surface area contributed by atoms with Crippen LogP contribution in [0.2, 0.25) is 0 Å². The van der Waals surface area contributed by atoms with Crippen molar-refractivity contribution in [3.8, 4) is 0 Å². The molecule has 1 aliphatic rings. The monoisotopic (exact) mass is 387 g/mol. The zero-order chi connectivity index (χ0) is 19.6. The van der Waals surface area contributed by atoms with Gasteiger partial charge in [0.25, 0.3) is 11.8 Å². The zero-order valence-electron chi connectivity index (χ0n) is 15.6. The smallest absolute Gasteiger partial charge is 0.253 e. The molecule has 0 N–H and O–H groups in total. The molecule has 27 heavy (non-hydrogen) atoms. The molecule has 0 aliphatic carbocycles. The van der Waals surface area contributed by atoms with Crippen LogP contribution in [-0.4, -0.2) is 95.9 Å². The van der Waals surface area contributed by atoms with E-state index in [2.05, 4.69) is 6.58 Å². The van der Waals surface area contributed by atoms with Gasteiger partial charge in [-0.1, -0.05) is 6.58 Å². The number of imide groups is 1. The average molecular weight is 387 g/mol. The van der Waals surface area contributed by atoms with E-state index < -0.39 is 0 Å². The first kappa shape index (κ1) is 23.3. The van der Waals surface area contributed by atoms with Crippen molar-refractivity contribution in [1.29, 1.82) is 0 Å². The number of hydrogen-bond acceptors (Lipinski definition) is 8. The van der Waals surface area contributed by atoms with Crippen molar-refractivity contribution in [2.75, 3.05) is 79.2 Å². The van der Waals surface area contributed by atoms with Crippen LogP contribution in [0.4, 0.5) is 0 Å². The van der Waals surface area contributed by atoms with E-state index in [1.807, 2.05) is 0 Å². The van der Waals surface area contributed by atoms with Crippen molar-refractivity contribution in [3.05, 3.63) is 25.0 Å². The molecule has 1 heterocycles. The Labute approximate surface area is 159 Å². The van der Waals surface area contributed by atoms with Crippen LogP contribution >= 0.6 is 0 Å². The minimum atomic E-state index is -0.299. The van der Waals surface area contributed by atoms with Crippen LogP contribution in [0, 0.1) is 0 Å². The largest absolute Gasteiger partial charge is 0.499 e. The Hall–Kier alpha value is -1.78. The number of hydrogen-bond donors (Lipinski definition) is 0. The van der Waals surface area contributed by atoms with Gasteiger partial charge >= 0.3 is 0 Å². The molecule has 0 atom stereocenters. The fraction of sp³-hybridized carbons (Fsp3) is 0.667. The van der Waals surface area contributed by atoms with Crippen molar-refractivity contribution >= 4 is 11.8 Å². The minimum absolute atomic E-state index is 0.251. The maximum Gasteiger partial charge on any atom is 0.253 e. The van der Waals surface area contributed by atoms with Gasteiger partial charge in [0.2, 0.25) is 0 Å². The first-order chi connectivity index (χ1) is 13.3. The molecule has 0 aromatic heterocycles. The third-order valence-electron chi connectivity index (χ3n) is 3.31. The van der Waals surface area contributed by atoms with Gasteiger partial charge in [-0.25, -0.2) is 0 Å². The van der Waals surface area contributed by atoms with Crippen LogP contribution in [0.15, 0.2) is 25.0 Å². The third-order valence-corrected chi connectivity index (χ3v) is 3.31. The number of carbonyl (C=O) groups excluding carboxylic acids is 2. The summed E-state index contributed by atoms with van der Waals surface area (Å²) < 4.78 is 31.6. The lowest BCUT2D eigenvalue weighted by Gasteiger charge is -2.13. The molecule has 0 unspecified atom stereocenters. The second-order valence-corrected chi connectivity index (χ2v) is 5.26. The molecule has 0 fully saturated rings. The molecule has 0 radical (unpaired) electrons. The molecule has 0 saturated carbocycles. The Balaban J connectivity index is 1.72. The van der Waals surface area contributed by atoms with E-state index in [9.17, 15) is 9.59 Å². The summed E-state index contributed by atoms with van der Waals surface area (Å²) >= 11 is 0. The van der Waals surface area contributed by atoms with Crippen molar-refractivity contribution < 1.29 is 38.0 Å². The highest BCUT2D eigenvalue weighted by molar-refractivity contribution is 6.12. The van der Waals surface area contributed by atoms with Crippen molar-refractivity contribution in [1.82, 2.24) is 4.90 Å². The Bertz CT molecular complexity index is 437. The summed E-state index contributed by atoms with van der Waals surface area (Å²) in [5, 5.41) is 0. The quantitative estimate of drug-likeness (QED) is 0.176. The van der Waals surface area contributed by atoms with Gasteiger partial charge in [0.05, 0.1) is 78.9 Å². The first-order valence-electron chi connectivity index (χ1n) is 8.90. The van der Waals surface area contributed by atoms with Gasteiger partial charge in [-0.15, -0.1) is 0 Å². The number of rotatable bonds is 19. The maximum atomic E-state index is 11.3. The maximum absolute atomic E-state index is 11.3. The fourth-order valence-electron chi connectivity index (χ4n) is 1.98. The standard InChI is InChI=1S/C18H29NO8/c1-2-22-7-8-24-11-12-26-15-16-27-14-13-25-10-9-23-6-5-19-17(20)3-4-18(19)21/h2-4H,1,5-16H2. The van der Waals surface area contributed by atoms with E-state index in [4.69, 9.17) is 28.4 Å². The Morgan fingerprint density at radius 2 is 1.04 bits per heavy atom. The number of carbonyl (C=O) groups is 2. The predicted molar refractivity (Wildman–Crippen MR) is 96.1 cm³/mol. The summed E-state index contributed by atoms with van der Waals surface area (Å²) in [6.07, 6.45) is 3.89. The third kappa shape index (κ3) is 12.3. The van der Waals surface area contributed by atoms with Gasteiger partial charge in [-0.2, -0.15) is 0 Å². The molecular weight excluding hydrogens is 358 g/mol. The fourth-order valence-corrected chi connectivity index (χ4v) is 1.98. The van der Waals surface area contributed by atoms with Crippen LogP contribution in [0.1, 0.15) is 0 Å². The Morgan fingerprint density at radius 3 is 1.44 bits per heavy atom. The van der Waals surface area contributed by atoms with Crippen LogP contribution in [0.5, 0.6) is 0 Å². The molecule has 1 aliphatic heterocycles. The summed E-state index contributed by atoms with van der Waals surface area (Å²) in [5.74, 6) is -0.599. The van der Waals surface area contributed by atoms with E-state index in [0.29, 0.717) is 72.7 Å². The number of ether oxygens (including phenoxy) is 6. The summed E-state index contributed by atoms with van der Waals surface area (Å²) in [6.45, 7) is 8.75. The second kappa shape index (κ2) is 16.4. The molecule has 9 heteroatoms. The number of amides is 2. The minimum Gasteiger partial charge on any atom is -0.499 e. The second-order valence-electron chi connectivity index (χ2n) is 5.26. The van der Waals surface area contributed by atoms with Crippen LogP contribution in [0.3, 0.4) is 0 Å². The zero-order valence-corrected chi connectivity index (χ0v) is 15.6. The van der Waals surface area contributed by atoms with Gasteiger partial charge in [0.1, 0.15) is 6.61 Å². The van der Waals surface area contributed by atoms with Crippen LogP contribution < -0.4 is 0 Å². The van der Waals surface area contributed by atoms with Crippen molar-refractivity contribution in [3.63, 3.8) is 0 Å². The molecule has 0 spiro atoms. The van der Waals surface area contributed by atoms with Gasteiger partial charge in [-0.05, 0) is 0 Å². The van der Waals surface area contributed by atoms with Gasteiger partial charge in [-0.3, -0.25) is 14.5 Å². The van der Waals surface area contributed by atoms with E-state index in [-0.39, 0.29) is 18.4 Å². The normalized spacial score (nSPS) is 13.6. The van der Waals surface area contributed by atoms with Crippen LogP contribution in [-0.2, 0) is 38.0 Å². The Kier molecular flexibility index (Phi) is 14.1. The number of nitrogens with zero attached hydrogens (tertiary/aromatic N) is 1. The molecule has 154 valence electrons. The van der Waals surface area contributed by atoms with Crippen molar-refractivity contribution in [2.45, 2.75) is 0 Å². The topological polar surface area (TPSA) is 92.8 Å². The molecule has 0 aromatic rings. The first-order valence-corrected chi connectivity index (χ1v) is 8.90. The SMILES string of the molecule is C=COCCOCCOCCOCCOCCOCCN1C(=O)C=CC1=O. The van der Waals surface area contributed by atoms with Gasteiger partial charge in [0.15, 0.2) is 0 Å². The lowest BCUT2D eigenvalue weighted by molar-refractivity contribution is -0.137. The molecule has 0 saturated heterocycles. The summed E-state index contributed by atoms with van der Waals surface area (Å²) in [7, 11) is 0. The highest BCUT2D eigenvalue weighted by Crippen LogP contribution is 2.02. The van der Waals surface area contributed by atoms with Crippen LogP contribution in [0.25, 0.3) is 0 Å². The summed E-state index contributed by atoms with van der Waals surface area (Å²) in [5.41, 5.74) is 0. The van der Waals surface area contributed by atoms with E-state index in [0.717, 1.165) is 4.90 Å². The van der Waals surface area contributed by atoms with E-state index in [1.165, 1.54) is 18.4 Å². The van der Waals surface area contributed by atoms with Crippen molar-refractivity contribution in [2.24, 2.45) is 0 Å². The Morgan fingerprint density at radius 1 is 0.667 bits per heavy atom. The van der Waals surface area contributed by atoms with Gasteiger partial charge < -0.3 is 28.4 Å². The predicted octanol–water partition coefficient (Wildman–Crippen LogP) is 0.155. The summed E-state index contributed by atoms with van der Waals surface area (Å²) in [6, 6.07) is 0. The molecule has 9 nitrogen and oxygen atoms in total. The van der Waals surface area contributed by atoms with Gasteiger partial charge in [0, 0.05) is 12.2 Å². The lowest BCUT2D eigenvalue weighted by Crippen LogP contribution is -2.33. The van der Waals surface area contributed by atoms with E-state index >= 15 is 0 Å². The molecule has 1 rings (SSSR count). The van der Waals surface area contributed by atoms with E-state index in [1.54, 1.807) is 0 Å². The molecule has 2 amide bonds.